The van der Waals surface area contributed by atoms with Gasteiger partial charge in [0.2, 0.25) is 11.8 Å². The third kappa shape index (κ3) is 2.23. The first-order valence-corrected chi connectivity index (χ1v) is 5.58. The fourth-order valence-corrected chi connectivity index (χ4v) is 2.22. The van der Waals surface area contributed by atoms with E-state index in [0.29, 0.717) is 17.7 Å². The zero-order valence-corrected chi connectivity index (χ0v) is 9.60. The van der Waals surface area contributed by atoms with Crippen LogP contribution in [0.5, 0.6) is 0 Å². The largest absolute Gasteiger partial charge is 0.469 e. The van der Waals surface area contributed by atoms with Gasteiger partial charge in [-0.05, 0) is 25.7 Å². The highest BCUT2D eigenvalue weighted by atomic mass is 16.5. The van der Waals surface area contributed by atoms with Crippen LogP contribution in [0.25, 0.3) is 0 Å². The van der Waals surface area contributed by atoms with E-state index in [-0.39, 0.29) is 11.9 Å². The molecule has 0 aliphatic heterocycles. The summed E-state index contributed by atoms with van der Waals surface area (Å²) in [7, 11) is 1.44. The van der Waals surface area contributed by atoms with Crippen LogP contribution in [0.2, 0.25) is 0 Å². The average molecular weight is 224 g/mol. The van der Waals surface area contributed by atoms with Gasteiger partial charge in [-0.3, -0.25) is 4.79 Å². The van der Waals surface area contributed by atoms with Gasteiger partial charge in [-0.2, -0.15) is 0 Å². The van der Waals surface area contributed by atoms with E-state index in [1.807, 2.05) is 0 Å². The van der Waals surface area contributed by atoms with Crippen LogP contribution in [0.3, 0.4) is 0 Å². The molecule has 0 saturated heterocycles. The number of methoxy groups -OCH3 is 1. The van der Waals surface area contributed by atoms with Crippen molar-refractivity contribution in [1.82, 2.24) is 10.2 Å². The summed E-state index contributed by atoms with van der Waals surface area (Å²) >= 11 is 0. The molecule has 2 rings (SSSR count). The van der Waals surface area contributed by atoms with E-state index in [1.165, 1.54) is 7.11 Å². The van der Waals surface area contributed by atoms with Gasteiger partial charge in [-0.25, -0.2) is 0 Å². The van der Waals surface area contributed by atoms with Crippen molar-refractivity contribution in [3.8, 4) is 0 Å². The van der Waals surface area contributed by atoms with Crippen LogP contribution >= 0.6 is 0 Å². The van der Waals surface area contributed by atoms with Crippen LogP contribution in [0, 0.1) is 12.8 Å². The van der Waals surface area contributed by atoms with Crippen molar-refractivity contribution in [2.45, 2.75) is 38.5 Å². The SMILES string of the molecule is COC(=O)[C@H]1CC[C@H](c2nnc(C)o2)CC1. The van der Waals surface area contributed by atoms with Gasteiger partial charge in [0, 0.05) is 12.8 Å². The van der Waals surface area contributed by atoms with Crippen LogP contribution in [-0.2, 0) is 9.53 Å². The number of hydrogen-bond donors (Lipinski definition) is 0. The van der Waals surface area contributed by atoms with Gasteiger partial charge in [0.15, 0.2) is 0 Å². The third-order valence-electron chi connectivity index (χ3n) is 3.15. The predicted molar refractivity (Wildman–Crippen MR) is 55.8 cm³/mol. The zero-order chi connectivity index (χ0) is 11.5. The minimum Gasteiger partial charge on any atom is -0.469 e. The lowest BCUT2D eigenvalue weighted by molar-refractivity contribution is -0.146. The summed E-state index contributed by atoms with van der Waals surface area (Å²) in [6.07, 6.45) is 3.53. The molecule has 1 saturated carbocycles. The summed E-state index contributed by atoms with van der Waals surface area (Å²) in [5, 5.41) is 7.85. The molecule has 1 aromatic heterocycles. The van der Waals surface area contributed by atoms with Gasteiger partial charge in [-0.1, -0.05) is 0 Å². The predicted octanol–water partition coefficient (Wildman–Crippen LogP) is 1.82. The highest BCUT2D eigenvalue weighted by Crippen LogP contribution is 2.35. The minimum atomic E-state index is -0.0971. The molecule has 0 amide bonds. The number of aromatic nitrogens is 2. The van der Waals surface area contributed by atoms with Crippen molar-refractivity contribution < 1.29 is 13.9 Å². The topological polar surface area (TPSA) is 65.2 Å². The molecule has 0 bridgehead atoms. The van der Waals surface area contributed by atoms with Crippen molar-refractivity contribution >= 4 is 5.97 Å². The van der Waals surface area contributed by atoms with E-state index in [1.54, 1.807) is 6.92 Å². The quantitative estimate of drug-likeness (QED) is 0.717. The van der Waals surface area contributed by atoms with Crippen molar-refractivity contribution in [2.24, 2.45) is 5.92 Å². The second kappa shape index (κ2) is 4.63. The van der Waals surface area contributed by atoms with Gasteiger partial charge in [0.25, 0.3) is 0 Å². The summed E-state index contributed by atoms with van der Waals surface area (Å²) in [6, 6.07) is 0. The summed E-state index contributed by atoms with van der Waals surface area (Å²) in [4.78, 5) is 11.3. The molecule has 0 aromatic carbocycles. The monoisotopic (exact) mass is 224 g/mol. The number of carbonyl (C=O) groups excluding carboxylic acids is 1. The molecule has 1 aromatic rings. The number of rotatable bonds is 2. The fraction of sp³-hybridized carbons (Fsp3) is 0.727. The maximum Gasteiger partial charge on any atom is 0.308 e. The van der Waals surface area contributed by atoms with Gasteiger partial charge in [0.1, 0.15) is 0 Å². The number of carbonyl (C=O) groups is 1. The lowest BCUT2D eigenvalue weighted by Crippen LogP contribution is -2.22. The Morgan fingerprint density at radius 2 is 2.00 bits per heavy atom. The number of aryl methyl sites for hydroxylation is 1. The molecule has 1 heterocycles. The number of esters is 1. The summed E-state index contributed by atoms with van der Waals surface area (Å²) in [5.74, 6) is 1.57. The number of ether oxygens (including phenoxy) is 1. The molecular formula is C11H16N2O3. The van der Waals surface area contributed by atoms with Crippen molar-refractivity contribution in [1.29, 1.82) is 0 Å². The fourth-order valence-electron chi connectivity index (χ4n) is 2.22. The summed E-state index contributed by atoms with van der Waals surface area (Å²) in [6.45, 7) is 1.79. The normalized spacial score (nSPS) is 25.4. The minimum absolute atomic E-state index is 0.0465. The van der Waals surface area contributed by atoms with Crippen LogP contribution in [0.15, 0.2) is 4.42 Å². The smallest absolute Gasteiger partial charge is 0.308 e. The molecule has 0 unspecified atom stereocenters. The maximum atomic E-state index is 11.3. The molecular weight excluding hydrogens is 208 g/mol. The van der Waals surface area contributed by atoms with Crippen molar-refractivity contribution in [2.75, 3.05) is 7.11 Å². The van der Waals surface area contributed by atoms with Crippen LogP contribution in [-0.4, -0.2) is 23.3 Å². The first-order valence-electron chi connectivity index (χ1n) is 5.58. The molecule has 1 aliphatic rings. The Labute approximate surface area is 94.2 Å². The second-order valence-corrected chi connectivity index (χ2v) is 4.23. The van der Waals surface area contributed by atoms with Gasteiger partial charge >= 0.3 is 5.97 Å². The molecule has 88 valence electrons. The van der Waals surface area contributed by atoms with E-state index in [2.05, 4.69) is 10.2 Å². The Kier molecular flexibility index (Phi) is 3.22. The Balaban J connectivity index is 1.92. The molecule has 1 fully saturated rings. The van der Waals surface area contributed by atoms with E-state index < -0.39 is 0 Å². The van der Waals surface area contributed by atoms with Gasteiger partial charge in [0.05, 0.1) is 13.0 Å². The highest BCUT2D eigenvalue weighted by molar-refractivity contribution is 5.72. The molecule has 5 nitrogen and oxygen atoms in total. The van der Waals surface area contributed by atoms with Gasteiger partial charge in [-0.15, -0.1) is 10.2 Å². The van der Waals surface area contributed by atoms with E-state index >= 15 is 0 Å². The first-order chi connectivity index (χ1) is 7.70. The Hall–Kier alpha value is -1.39. The molecule has 0 N–H and O–H groups in total. The van der Waals surface area contributed by atoms with Crippen molar-refractivity contribution in [3.05, 3.63) is 11.8 Å². The van der Waals surface area contributed by atoms with E-state index in [4.69, 9.17) is 9.15 Å². The zero-order valence-electron chi connectivity index (χ0n) is 9.60. The molecule has 0 atom stereocenters. The van der Waals surface area contributed by atoms with Crippen LogP contribution in [0.4, 0.5) is 0 Å². The number of nitrogens with zero attached hydrogens (tertiary/aromatic N) is 2. The lowest BCUT2D eigenvalue weighted by atomic mass is 9.82. The lowest BCUT2D eigenvalue weighted by Gasteiger charge is -2.24. The first kappa shape index (κ1) is 11.1. The highest BCUT2D eigenvalue weighted by Gasteiger charge is 2.29. The summed E-state index contributed by atoms with van der Waals surface area (Å²) in [5.41, 5.74) is 0. The molecule has 5 heteroatoms. The molecule has 0 spiro atoms. The standard InChI is InChI=1S/C11H16N2O3/c1-7-12-13-10(16-7)8-3-5-9(6-4-8)11(14)15-2/h8-9H,3-6H2,1-2H3/t8-,9-. The summed E-state index contributed by atoms with van der Waals surface area (Å²) < 4.78 is 10.2. The molecule has 0 radical (unpaired) electrons. The van der Waals surface area contributed by atoms with E-state index in [0.717, 1.165) is 25.7 Å². The Morgan fingerprint density at radius 3 is 2.50 bits per heavy atom. The van der Waals surface area contributed by atoms with Crippen molar-refractivity contribution in [3.63, 3.8) is 0 Å². The van der Waals surface area contributed by atoms with Crippen LogP contribution < -0.4 is 0 Å². The third-order valence-corrected chi connectivity index (χ3v) is 3.15. The Bertz CT molecular complexity index is 367. The maximum absolute atomic E-state index is 11.3. The van der Waals surface area contributed by atoms with Crippen LogP contribution in [0.1, 0.15) is 43.4 Å². The molecule has 16 heavy (non-hydrogen) atoms. The molecule has 1 aliphatic carbocycles. The van der Waals surface area contributed by atoms with E-state index in [9.17, 15) is 4.79 Å². The van der Waals surface area contributed by atoms with Gasteiger partial charge < -0.3 is 9.15 Å². The Morgan fingerprint density at radius 1 is 1.31 bits per heavy atom. The average Bonchev–Trinajstić information content (AvgIpc) is 2.75. The second-order valence-electron chi connectivity index (χ2n) is 4.23. The number of hydrogen-bond acceptors (Lipinski definition) is 5.